The molecule has 0 aliphatic carbocycles. The van der Waals surface area contributed by atoms with Crippen molar-refractivity contribution in [3.63, 3.8) is 0 Å². The highest BCUT2D eigenvalue weighted by Gasteiger charge is 2.41. The van der Waals surface area contributed by atoms with Crippen molar-refractivity contribution in [2.75, 3.05) is 19.7 Å². The Bertz CT molecular complexity index is 730. The number of rotatable bonds is 3. The highest BCUT2D eigenvalue weighted by atomic mass is 32.1. The lowest BCUT2D eigenvalue weighted by molar-refractivity contribution is -0.123. The van der Waals surface area contributed by atoms with Crippen LogP contribution in [0.2, 0.25) is 0 Å². The number of aryl methyl sites for hydroxylation is 1. The van der Waals surface area contributed by atoms with Gasteiger partial charge in [-0.2, -0.15) is 11.3 Å². The standard InChI is InChI=1S/C22H27NO2S/c1-17-2-4-18(5-3-17)14-19-6-12-25-22(15-19)8-10-23(11-9-22)21(24)20-7-13-26-16-20/h2-5,7,13,16,19H,6,8-12,14-15H2,1H3. The molecular formula is C22H27NO2S. The number of likely N-dealkylation sites (tertiary alicyclic amines) is 1. The van der Waals surface area contributed by atoms with E-state index < -0.39 is 0 Å². The number of hydrogen-bond acceptors (Lipinski definition) is 3. The van der Waals surface area contributed by atoms with Crippen molar-refractivity contribution >= 4 is 17.2 Å². The highest BCUT2D eigenvalue weighted by molar-refractivity contribution is 7.08. The summed E-state index contributed by atoms with van der Waals surface area (Å²) in [5.41, 5.74) is 3.56. The van der Waals surface area contributed by atoms with Crippen molar-refractivity contribution in [3.05, 3.63) is 57.8 Å². The summed E-state index contributed by atoms with van der Waals surface area (Å²) in [5.74, 6) is 0.860. The Morgan fingerprint density at radius 3 is 2.69 bits per heavy atom. The Hall–Kier alpha value is -1.65. The first-order chi connectivity index (χ1) is 12.6. The van der Waals surface area contributed by atoms with Gasteiger partial charge in [-0.25, -0.2) is 0 Å². The minimum Gasteiger partial charge on any atom is -0.375 e. The molecule has 4 rings (SSSR count). The molecule has 0 N–H and O–H groups in total. The van der Waals surface area contributed by atoms with Crippen LogP contribution in [0.15, 0.2) is 41.1 Å². The highest BCUT2D eigenvalue weighted by Crippen LogP contribution is 2.39. The van der Waals surface area contributed by atoms with Gasteiger partial charge in [0.25, 0.3) is 5.91 Å². The Morgan fingerprint density at radius 2 is 2.00 bits per heavy atom. The van der Waals surface area contributed by atoms with Gasteiger partial charge < -0.3 is 9.64 Å². The second-order valence-electron chi connectivity index (χ2n) is 7.88. The minimum atomic E-state index is -0.0148. The van der Waals surface area contributed by atoms with Gasteiger partial charge in [0.2, 0.25) is 0 Å². The SMILES string of the molecule is Cc1ccc(CC2CCOC3(CCN(C(=O)c4ccsc4)CC3)C2)cc1. The zero-order valence-electron chi connectivity index (χ0n) is 15.4. The summed E-state index contributed by atoms with van der Waals surface area (Å²) in [5, 5.41) is 3.92. The molecule has 2 saturated heterocycles. The molecule has 1 amide bonds. The summed E-state index contributed by atoms with van der Waals surface area (Å²) in [6.45, 7) is 4.62. The number of nitrogens with zero attached hydrogens (tertiary/aromatic N) is 1. The van der Waals surface area contributed by atoms with Crippen LogP contribution >= 0.6 is 11.3 Å². The van der Waals surface area contributed by atoms with Crippen LogP contribution in [0.3, 0.4) is 0 Å². The maximum atomic E-state index is 12.6. The first-order valence-corrected chi connectivity index (χ1v) is 10.6. The van der Waals surface area contributed by atoms with Crippen molar-refractivity contribution in [1.29, 1.82) is 0 Å². The third-order valence-electron chi connectivity index (χ3n) is 5.97. The summed E-state index contributed by atoms with van der Waals surface area (Å²) in [6.07, 6.45) is 5.35. The summed E-state index contributed by atoms with van der Waals surface area (Å²) < 4.78 is 6.28. The van der Waals surface area contributed by atoms with E-state index in [0.717, 1.165) is 57.4 Å². The third-order valence-corrected chi connectivity index (χ3v) is 6.65. The van der Waals surface area contributed by atoms with E-state index in [0.29, 0.717) is 5.92 Å². The summed E-state index contributed by atoms with van der Waals surface area (Å²) >= 11 is 1.58. The van der Waals surface area contributed by atoms with Crippen molar-refractivity contribution < 1.29 is 9.53 Å². The van der Waals surface area contributed by atoms with Crippen LogP contribution in [0, 0.1) is 12.8 Å². The second kappa shape index (κ2) is 7.53. The average molecular weight is 370 g/mol. The lowest BCUT2D eigenvalue weighted by Gasteiger charge is -2.46. The fraction of sp³-hybridized carbons (Fsp3) is 0.500. The van der Waals surface area contributed by atoms with Crippen LogP contribution in [0.5, 0.6) is 0 Å². The Labute approximate surface area is 160 Å². The number of piperidine rings is 1. The Kier molecular flexibility index (Phi) is 5.14. The number of thiophene rings is 1. The van der Waals surface area contributed by atoms with Crippen LogP contribution in [0.4, 0.5) is 0 Å². The van der Waals surface area contributed by atoms with Crippen LogP contribution in [0.25, 0.3) is 0 Å². The van der Waals surface area contributed by atoms with Crippen molar-refractivity contribution in [3.8, 4) is 0 Å². The number of hydrogen-bond donors (Lipinski definition) is 0. The molecule has 3 heterocycles. The number of benzene rings is 1. The van der Waals surface area contributed by atoms with Gasteiger partial charge in [-0.3, -0.25) is 4.79 Å². The summed E-state index contributed by atoms with van der Waals surface area (Å²) in [4.78, 5) is 14.6. The van der Waals surface area contributed by atoms with Crippen LogP contribution in [-0.4, -0.2) is 36.1 Å². The van der Waals surface area contributed by atoms with E-state index in [9.17, 15) is 4.79 Å². The van der Waals surface area contributed by atoms with E-state index in [1.165, 1.54) is 11.1 Å². The van der Waals surface area contributed by atoms with E-state index in [4.69, 9.17) is 4.74 Å². The number of ether oxygens (including phenoxy) is 1. The van der Waals surface area contributed by atoms with E-state index in [2.05, 4.69) is 31.2 Å². The molecule has 4 heteroatoms. The van der Waals surface area contributed by atoms with Crippen molar-refractivity contribution in [2.24, 2.45) is 5.92 Å². The molecule has 3 nitrogen and oxygen atoms in total. The molecule has 1 atom stereocenters. The molecule has 0 saturated carbocycles. The molecule has 1 spiro atoms. The number of carbonyl (C=O) groups is 1. The van der Waals surface area contributed by atoms with E-state index in [-0.39, 0.29) is 11.5 Å². The smallest absolute Gasteiger partial charge is 0.254 e. The zero-order chi connectivity index (χ0) is 18.0. The van der Waals surface area contributed by atoms with Gasteiger partial charge in [-0.1, -0.05) is 29.8 Å². The number of carbonyl (C=O) groups excluding carboxylic acids is 1. The molecule has 0 radical (unpaired) electrons. The zero-order valence-corrected chi connectivity index (χ0v) is 16.3. The predicted octanol–water partition coefficient (Wildman–Crippen LogP) is 4.70. The summed E-state index contributed by atoms with van der Waals surface area (Å²) in [7, 11) is 0. The van der Waals surface area contributed by atoms with Gasteiger partial charge in [0, 0.05) is 25.1 Å². The van der Waals surface area contributed by atoms with Gasteiger partial charge in [0.05, 0.1) is 11.2 Å². The summed E-state index contributed by atoms with van der Waals surface area (Å²) in [6, 6.07) is 10.9. The van der Waals surface area contributed by atoms with E-state index >= 15 is 0 Å². The Morgan fingerprint density at radius 1 is 1.23 bits per heavy atom. The first kappa shape index (κ1) is 17.7. The fourth-order valence-corrected chi connectivity index (χ4v) is 5.03. The molecule has 2 aliphatic rings. The predicted molar refractivity (Wildman–Crippen MR) is 106 cm³/mol. The van der Waals surface area contributed by atoms with Crippen LogP contribution in [0.1, 0.15) is 47.2 Å². The van der Waals surface area contributed by atoms with Crippen molar-refractivity contribution in [2.45, 2.75) is 44.6 Å². The lowest BCUT2D eigenvalue weighted by Crippen LogP contribution is -2.51. The Balaban J connectivity index is 1.35. The van der Waals surface area contributed by atoms with Crippen molar-refractivity contribution in [1.82, 2.24) is 4.90 Å². The molecule has 1 unspecified atom stereocenters. The van der Waals surface area contributed by atoms with Crippen LogP contribution < -0.4 is 0 Å². The van der Waals surface area contributed by atoms with Gasteiger partial charge in [-0.15, -0.1) is 0 Å². The largest absolute Gasteiger partial charge is 0.375 e. The number of amides is 1. The maximum Gasteiger partial charge on any atom is 0.254 e. The molecule has 1 aromatic heterocycles. The van der Waals surface area contributed by atoms with Gasteiger partial charge in [-0.05, 0) is 62.0 Å². The van der Waals surface area contributed by atoms with Gasteiger partial charge in [0.1, 0.15) is 0 Å². The normalized spacial score (nSPS) is 22.5. The molecule has 2 fully saturated rings. The third kappa shape index (κ3) is 3.86. The van der Waals surface area contributed by atoms with Gasteiger partial charge in [0.15, 0.2) is 0 Å². The maximum absolute atomic E-state index is 12.6. The van der Waals surface area contributed by atoms with E-state index in [1.54, 1.807) is 11.3 Å². The molecular weight excluding hydrogens is 342 g/mol. The first-order valence-electron chi connectivity index (χ1n) is 9.65. The molecule has 26 heavy (non-hydrogen) atoms. The lowest BCUT2D eigenvalue weighted by atomic mass is 9.77. The molecule has 138 valence electrons. The minimum absolute atomic E-state index is 0.0148. The molecule has 0 bridgehead atoms. The quantitative estimate of drug-likeness (QED) is 0.785. The fourth-order valence-electron chi connectivity index (χ4n) is 4.40. The monoisotopic (exact) mass is 369 g/mol. The second-order valence-corrected chi connectivity index (χ2v) is 8.66. The van der Waals surface area contributed by atoms with Gasteiger partial charge >= 0.3 is 0 Å². The molecule has 2 aliphatic heterocycles. The van der Waals surface area contributed by atoms with E-state index in [1.807, 2.05) is 21.7 Å². The average Bonchev–Trinajstić information content (AvgIpc) is 3.19. The molecule has 2 aromatic rings. The topological polar surface area (TPSA) is 29.5 Å². The van der Waals surface area contributed by atoms with Crippen LogP contribution in [-0.2, 0) is 11.2 Å². The molecule has 1 aromatic carbocycles.